The SMILES string of the molecule is COc1cc2c(cc1NC(=O)c1ncccc1C(F)(F)F)nc(C1CCC(C=O)CC1)n2C. The number of anilines is 1. The van der Waals surface area contributed by atoms with Crippen LogP contribution in [-0.2, 0) is 18.0 Å². The number of nitrogens with zero attached hydrogens (tertiary/aromatic N) is 3. The van der Waals surface area contributed by atoms with Crippen LogP contribution in [0, 0.1) is 5.92 Å². The molecule has 0 saturated heterocycles. The molecule has 7 nitrogen and oxygen atoms in total. The summed E-state index contributed by atoms with van der Waals surface area (Å²) in [6.45, 7) is 0. The summed E-state index contributed by atoms with van der Waals surface area (Å²) in [5.41, 5.74) is -0.290. The Morgan fingerprint density at radius 2 is 1.97 bits per heavy atom. The Bertz CT molecular complexity index is 1200. The van der Waals surface area contributed by atoms with Crippen molar-refractivity contribution in [1.82, 2.24) is 14.5 Å². The number of methoxy groups -OCH3 is 1. The van der Waals surface area contributed by atoms with E-state index in [0.29, 0.717) is 11.3 Å². The minimum atomic E-state index is -4.71. The Morgan fingerprint density at radius 1 is 1.24 bits per heavy atom. The average molecular weight is 460 g/mol. The number of nitrogens with one attached hydrogen (secondary N) is 1. The van der Waals surface area contributed by atoms with E-state index in [1.54, 1.807) is 12.1 Å². The van der Waals surface area contributed by atoms with Crippen molar-refractivity contribution in [2.45, 2.75) is 37.8 Å². The molecule has 0 aliphatic heterocycles. The smallest absolute Gasteiger partial charge is 0.418 e. The maximum atomic E-state index is 13.3. The van der Waals surface area contributed by atoms with Gasteiger partial charge in [-0.3, -0.25) is 9.78 Å². The monoisotopic (exact) mass is 460 g/mol. The first-order valence-electron chi connectivity index (χ1n) is 10.6. The molecule has 0 bridgehead atoms. The summed E-state index contributed by atoms with van der Waals surface area (Å²) in [6, 6.07) is 5.22. The van der Waals surface area contributed by atoms with Crippen molar-refractivity contribution in [3.8, 4) is 5.75 Å². The zero-order chi connectivity index (χ0) is 23.8. The van der Waals surface area contributed by atoms with Gasteiger partial charge in [-0.15, -0.1) is 0 Å². The number of rotatable bonds is 5. The summed E-state index contributed by atoms with van der Waals surface area (Å²) in [5, 5.41) is 2.49. The van der Waals surface area contributed by atoms with Crippen LogP contribution < -0.4 is 10.1 Å². The third-order valence-corrected chi connectivity index (χ3v) is 6.14. The number of ether oxygens (including phenoxy) is 1. The molecule has 3 aromatic rings. The van der Waals surface area contributed by atoms with Crippen molar-refractivity contribution in [2.75, 3.05) is 12.4 Å². The van der Waals surface area contributed by atoms with Crippen LogP contribution in [0.3, 0.4) is 0 Å². The minimum absolute atomic E-state index is 0.0889. The fourth-order valence-corrected chi connectivity index (χ4v) is 4.38. The van der Waals surface area contributed by atoms with E-state index in [9.17, 15) is 22.8 Å². The molecule has 4 rings (SSSR count). The van der Waals surface area contributed by atoms with E-state index in [1.165, 1.54) is 7.11 Å². The van der Waals surface area contributed by atoms with E-state index >= 15 is 0 Å². The summed E-state index contributed by atoms with van der Waals surface area (Å²) >= 11 is 0. The van der Waals surface area contributed by atoms with Crippen molar-refractivity contribution >= 4 is 28.9 Å². The Morgan fingerprint density at radius 3 is 2.61 bits per heavy atom. The van der Waals surface area contributed by atoms with Gasteiger partial charge in [0.1, 0.15) is 23.6 Å². The van der Waals surface area contributed by atoms with Gasteiger partial charge in [-0.05, 0) is 43.9 Å². The first kappa shape index (κ1) is 22.8. The van der Waals surface area contributed by atoms with Gasteiger partial charge in [-0.2, -0.15) is 13.2 Å². The van der Waals surface area contributed by atoms with Crippen LogP contribution in [0.1, 0.15) is 53.5 Å². The van der Waals surface area contributed by atoms with Crippen molar-refractivity contribution < 1.29 is 27.5 Å². The number of imidazole rings is 1. The molecule has 174 valence electrons. The van der Waals surface area contributed by atoms with Gasteiger partial charge in [0.25, 0.3) is 5.91 Å². The van der Waals surface area contributed by atoms with Crippen LogP contribution in [0.25, 0.3) is 11.0 Å². The topological polar surface area (TPSA) is 86.1 Å². The number of carbonyl (C=O) groups excluding carboxylic acids is 2. The zero-order valence-electron chi connectivity index (χ0n) is 18.1. The molecule has 2 heterocycles. The molecule has 10 heteroatoms. The number of hydrogen-bond donors (Lipinski definition) is 1. The van der Waals surface area contributed by atoms with Gasteiger partial charge in [0, 0.05) is 31.1 Å². The molecule has 1 fully saturated rings. The predicted molar refractivity (Wildman–Crippen MR) is 115 cm³/mol. The molecular weight excluding hydrogens is 437 g/mol. The Balaban J connectivity index is 1.67. The number of alkyl halides is 3. The summed E-state index contributed by atoms with van der Waals surface area (Å²) in [5.74, 6) is 0.448. The quantitative estimate of drug-likeness (QED) is 0.557. The van der Waals surface area contributed by atoms with Gasteiger partial charge >= 0.3 is 6.18 Å². The summed E-state index contributed by atoms with van der Waals surface area (Å²) in [7, 11) is 3.30. The number of benzene rings is 1. The highest BCUT2D eigenvalue weighted by Gasteiger charge is 2.36. The lowest BCUT2D eigenvalue weighted by Crippen LogP contribution is -2.20. The molecule has 33 heavy (non-hydrogen) atoms. The van der Waals surface area contributed by atoms with Crippen LogP contribution in [0.2, 0.25) is 0 Å². The highest BCUT2D eigenvalue weighted by molar-refractivity contribution is 6.05. The first-order valence-corrected chi connectivity index (χ1v) is 10.6. The third-order valence-electron chi connectivity index (χ3n) is 6.14. The van der Waals surface area contributed by atoms with Gasteiger partial charge in [0.2, 0.25) is 0 Å². The first-order chi connectivity index (χ1) is 15.7. The molecule has 1 aliphatic rings. The standard InChI is InChI=1S/C23H23F3N4O3/c1-30-18-11-19(33-2)17(29-22(32)20-15(23(24,25)26)4-3-9-27-20)10-16(18)28-21(30)14-7-5-13(12-31)6-8-14/h3-4,9-14H,5-8H2,1-2H3,(H,29,32). The van der Waals surface area contributed by atoms with E-state index in [4.69, 9.17) is 9.72 Å². The molecule has 1 aliphatic carbocycles. The van der Waals surface area contributed by atoms with E-state index < -0.39 is 23.3 Å². The van der Waals surface area contributed by atoms with Gasteiger partial charge in [-0.1, -0.05) is 0 Å². The van der Waals surface area contributed by atoms with Crippen molar-refractivity contribution in [1.29, 1.82) is 0 Å². The van der Waals surface area contributed by atoms with Crippen molar-refractivity contribution in [3.05, 3.63) is 47.5 Å². The molecule has 2 aromatic heterocycles. The fourth-order valence-electron chi connectivity index (χ4n) is 4.38. The summed E-state index contributed by atoms with van der Waals surface area (Å²) in [4.78, 5) is 32.1. The highest BCUT2D eigenvalue weighted by Crippen LogP contribution is 2.38. The van der Waals surface area contributed by atoms with E-state index in [1.807, 2.05) is 11.6 Å². The molecule has 1 N–H and O–H groups in total. The van der Waals surface area contributed by atoms with Gasteiger partial charge < -0.3 is 19.4 Å². The second-order valence-electron chi connectivity index (χ2n) is 8.17. The Labute approximate surface area is 188 Å². The molecule has 1 saturated carbocycles. The lowest BCUT2D eigenvalue weighted by molar-refractivity contribution is -0.138. The molecule has 1 aromatic carbocycles. The number of aryl methyl sites for hydroxylation is 1. The molecule has 1 amide bonds. The van der Waals surface area contributed by atoms with Crippen LogP contribution in [0.15, 0.2) is 30.5 Å². The largest absolute Gasteiger partial charge is 0.494 e. The predicted octanol–water partition coefficient (Wildman–Crippen LogP) is 4.72. The number of aromatic nitrogens is 3. The molecule has 0 unspecified atom stereocenters. The zero-order valence-corrected chi connectivity index (χ0v) is 18.1. The normalized spacial score (nSPS) is 18.8. The minimum Gasteiger partial charge on any atom is -0.494 e. The lowest BCUT2D eigenvalue weighted by atomic mass is 9.82. The number of carbonyl (C=O) groups is 2. The summed E-state index contributed by atoms with van der Waals surface area (Å²) in [6.07, 6.45) is 0.753. The van der Waals surface area contributed by atoms with Crippen LogP contribution in [0.4, 0.5) is 18.9 Å². The second-order valence-corrected chi connectivity index (χ2v) is 8.17. The number of hydrogen-bond acceptors (Lipinski definition) is 5. The van der Waals surface area contributed by atoms with E-state index in [0.717, 1.165) is 61.6 Å². The van der Waals surface area contributed by atoms with Gasteiger partial charge in [0.15, 0.2) is 0 Å². The van der Waals surface area contributed by atoms with Crippen LogP contribution >= 0.6 is 0 Å². The maximum absolute atomic E-state index is 13.3. The summed E-state index contributed by atoms with van der Waals surface area (Å²) < 4.78 is 47.2. The lowest BCUT2D eigenvalue weighted by Gasteiger charge is -2.24. The maximum Gasteiger partial charge on any atom is 0.418 e. The van der Waals surface area contributed by atoms with E-state index in [2.05, 4.69) is 10.3 Å². The Hall–Kier alpha value is -3.43. The molecular formula is C23H23F3N4O3. The number of aldehydes is 1. The van der Waals surface area contributed by atoms with Crippen molar-refractivity contribution in [3.63, 3.8) is 0 Å². The molecule has 0 spiro atoms. The Kier molecular flexibility index (Phi) is 6.09. The molecule has 0 radical (unpaired) electrons. The fraction of sp³-hybridized carbons (Fsp3) is 0.391. The highest BCUT2D eigenvalue weighted by atomic mass is 19.4. The second kappa shape index (κ2) is 8.84. The van der Waals surface area contributed by atoms with Gasteiger partial charge in [-0.25, -0.2) is 4.98 Å². The number of fused-ring (bicyclic) bond motifs is 1. The average Bonchev–Trinajstić information content (AvgIpc) is 3.13. The molecule has 0 atom stereocenters. The number of amides is 1. The van der Waals surface area contributed by atoms with Crippen LogP contribution in [-0.4, -0.2) is 33.8 Å². The number of halogens is 3. The van der Waals surface area contributed by atoms with E-state index in [-0.39, 0.29) is 17.5 Å². The number of pyridine rings is 1. The van der Waals surface area contributed by atoms with Crippen LogP contribution in [0.5, 0.6) is 5.75 Å². The van der Waals surface area contributed by atoms with Gasteiger partial charge in [0.05, 0.1) is 29.4 Å². The third kappa shape index (κ3) is 4.42. The van der Waals surface area contributed by atoms with Crippen molar-refractivity contribution in [2.24, 2.45) is 13.0 Å².